The molecule has 0 fully saturated rings. The Morgan fingerprint density at radius 2 is 1.50 bits per heavy atom. The van der Waals surface area contributed by atoms with Crippen LogP contribution in [0.15, 0.2) is 66.9 Å². The lowest BCUT2D eigenvalue weighted by Gasteiger charge is -2.16. The molecule has 148 valence electrons. The molecular weight excluding hydrogens is 366 g/mol. The van der Waals surface area contributed by atoms with Gasteiger partial charge in [0.1, 0.15) is 11.9 Å². The Kier molecular flexibility index (Phi) is 5.25. The highest BCUT2D eigenvalue weighted by Gasteiger charge is 2.17. The summed E-state index contributed by atoms with van der Waals surface area (Å²) in [5.74, 6) is 0.795. The van der Waals surface area contributed by atoms with Crippen molar-refractivity contribution in [1.82, 2.24) is 9.55 Å². The molecule has 4 aromatic rings. The van der Waals surface area contributed by atoms with Gasteiger partial charge in [-0.25, -0.2) is 4.98 Å². The molecule has 0 radical (unpaired) electrons. The first kappa shape index (κ1) is 19.7. The molecule has 0 aliphatic carbocycles. The van der Waals surface area contributed by atoms with Crippen molar-refractivity contribution in [2.45, 2.75) is 34.1 Å². The van der Waals surface area contributed by atoms with Gasteiger partial charge in [0.2, 0.25) is 0 Å². The van der Waals surface area contributed by atoms with E-state index in [2.05, 4.69) is 104 Å². The van der Waals surface area contributed by atoms with Crippen molar-refractivity contribution < 1.29 is 0 Å². The fourth-order valence-corrected chi connectivity index (χ4v) is 4.24. The Morgan fingerprint density at radius 3 is 2.20 bits per heavy atom. The third-order valence-electron chi connectivity index (χ3n) is 5.65. The van der Waals surface area contributed by atoms with Gasteiger partial charge in [-0.05, 0) is 66.6 Å². The molecule has 30 heavy (non-hydrogen) atoms. The summed E-state index contributed by atoms with van der Waals surface area (Å²) in [4.78, 5) is 4.67. The summed E-state index contributed by atoms with van der Waals surface area (Å²) < 4.78 is 2.08. The van der Waals surface area contributed by atoms with Crippen LogP contribution >= 0.6 is 0 Å². The first-order valence-corrected chi connectivity index (χ1v) is 10.3. The fourth-order valence-electron chi connectivity index (χ4n) is 4.24. The molecule has 0 saturated carbocycles. The zero-order valence-electron chi connectivity index (χ0n) is 17.9. The van der Waals surface area contributed by atoms with E-state index in [0.29, 0.717) is 5.69 Å². The summed E-state index contributed by atoms with van der Waals surface area (Å²) in [6, 6.07) is 23.4. The van der Waals surface area contributed by atoms with Crippen molar-refractivity contribution in [3.05, 3.63) is 94.8 Å². The van der Waals surface area contributed by atoms with Crippen molar-refractivity contribution in [2.75, 3.05) is 0 Å². The molecule has 0 spiro atoms. The number of hydrogen-bond acceptors (Lipinski definition) is 2. The molecule has 3 nitrogen and oxygen atoms in total. The van der Waals surface area contributed by atoms with Gasteiger partial charge in [-0.3, -0.25) is 4.57 Å². The van der Waals surface area contributed by atoms with Crippen molar-refractivity contribution in [1.29, 1.82) is 5.26 Å². The SMILES string of the molecule is CCc1cccc(C)c1-n1cc(C#N)nc1-c1cccc(-c2c(C)cccc2C)c1. The Morgan fingerprint density at radius 1 is 0.867 bits per heavy atom. The maximum atomic E-state index is 9.54. The first-order chi connectivity index (χ1) is 14.5. The predicted molar refractivity (Wildman–Crippen MR) is 123 cm³/mol. The predicted octanol–water partition coefficient (Wildman–Crippen LogP) is 6.57. The minimum atomic E-state index is 0.424. The third-order valence-corrected chi connectivity index (χ3v) is 5.65. The number of rotatable bonds is 4. The molecule has 0 amide bonds. The summed E-state index contributed by atoms with van der Waals surface area (Å²) in [6.07, 6.45) is 2.77. The van der Waals surface area contributed by atoms with Crippen molar-refractivity contribution in [3.63, 3.8) is 0 Å². The van der Waals surface area contributed by atoms with Gasteiger partial charge in [0.15, 0.2) is 5.69 Å². The van der Waals surface area contributed by atoms with E-state index in [1.807, 2.05) is 6.20 Å². The van der Waals surface area contributed by atoms with Gasteiger partial charge >= 0.3 is 0 Å². The summed E-state index contributed by atoms with van der Waals surface area (Å²) in [6.45, 7) is 8.55. The number of aromatic nitrogens is 2. The van der Waals surface area contributed by atoms with Crippen LogP contribution in [0, 0.1) is 32.1 Å². The molecule has 3 aromatic carbocycles. The molecule has 0 N–H and O–H groups in total. The average molecular weight is 392 g/mol. The largest absolute Gasteiger partial charge is 0.298 e. The van der Waals surface area contributed by atoms with E-state index in [4.69, 9.17) is 0 Å². The van der Waals surface area contributed by atoms with E-state index >= 15 is 0 Å². The maximum Gasteiger partial charge on any atom is 0.159 e. The highest BCUT2D eigenvalue weighted by atomic mass is 15.1. The van der Waals surface area contributed by atoms with E-state index in [0.717, 1.165) is 29.1 Å². The maximum absolute atomic E-state index is 9.54. The van der Waals surface area contributed by atoms with Gasteiger partial charge in [-0.1, -0.05) is 61.5 Å². The van der Waals surface area contributed by atoms with Crippen LogP contribution in [0.4, 0.5) is 0 Å². The minimum absolute atomic E-state index is 0.424. The molecule has 3 heteroatoms. The van der Waals surface area contributed by atoms with E-state index in [-0.39, 0.29) is 0 Å². The average Bonchev–Trinajstić information content (AvgIpc) is 3.17. The minimum Gasteiger partial charge on any atom is -0.298 e. The Hall–Kier alpha value is -3.64. The third kappa shape index (κ3) is 3.42. The second-order valence-corrected chi connectivity index (χ2v) is 7.72. The van der Waals surface area contributed by atoms with Crippen LogP contribution in [0.25, 0.3) is 28.2 Å². The summed E-state index contributed by atoms with van der Waals surface area (Å²) in [7, 11) is 0. The lowest BCUT2D eigenvalue weighted by atomic mass is 9.94. The van der Waals surface area contributed by atoms with E-state index in [1.165, 1.54) is 27.8 Å². The molecule has 0 bridgehead atoms. The molecule has 0 unspecified atom stereocenters. The van der Waals surface area contributed by atoms with Gasteiger partial charge < -0.3 is 0 Å². The van der Waals surface area contributed by atoms with Crippen LogP contribution in [0.2, 0.25) is 0 Å². The second kappa shape index (κ2) is 8.00. The van der Waals surface area contributed by atoms with Crippen LogP contribution in [0.5, 0.6) is 0 Å². The zero-order valence-corrected chi connectivity index (χ0v) is 17.9. The van der Waals surface area contributed by atoms with Gasteiger partial charge in [0.05, 0.1) is 5.69 Å². The lowest BCUT2D eigenvalue weighted by Crippen LogP contribution is -2.03. The van der Waals surface area contributed by atoms with Crippen LogP contribution < -0.4 is 0 Å². The number of para-hydroxylation sites is 1. The van der Waals surface area contributed by atoms with Crippen molar-refractivity contribution in [2.24, 2.45) is 0 Å². The summed E-state index contributed by atoms with van der Waals surface area (Å²) in [5, 5.41) is 9.54. The van der Waals surface area contributed by atoms with E-state index in [1.54, 1.807) is 0 Å². The molecule has 1 heterocycles. The van der Waals surface area contributed by atoms with Crippen LogP contribution in [0.1, 0.15) is 34.9 Å². The van der Waals surface area contributed by atoms with Crippen molar-refractivity contribution in [3.8, 4) is 34.3 Å². The van der Waals surface area contributed by atoms with Gasteiger partial charge in [-0.2, -0.15) is 5.26 Å². The normalized spacial score (nSPS) is 10.8. The van der Waals surface area contributed by atoms with E-state index in [9.17, 15) is 5.26 Å². The number of hydrogen-bond donors (Lipinski definition) is 0. The van der Waals surface area contributed by atoms with Crippen LogP contribution in [0.3, 0.4) is 0 Å². The van der Waals surface area contributed by atoms with E-state index < -0.39 is 0 Å². The number of nitrogens with zero attached hydrogens (tertiary/aromatic N) is 3. The Balaban J connectivity index is 1.94. The standard InChI is InChI=1S/C27H25N3/c1-5-21-12-7-11-20(4)26(21)30-17-24(16-28)29-27(30)23-14-8-13-22(15-23)25-18(2)9-6-10-19(25)3/h6-15,17H,5H2,1-4H3. The first-order valence-electron chi connectivity index (χ1n) is 10.3. The lowest BCUT2D eigenvalue weighted by molar-refractivity contribution is 0.996. The topological polar surface area (TPSA) is 41.6 Å². The fraction of sp³-hybridized carbons (Fsp3) is 0.185. The summed E-state index contributed by atoms with van der Waals surface area (Å²) in [5.41, 5.74) is 9.86. The molecule has 1 aromatic heterocycles. The molecule has 4 rings (SSSR count). The number of imidazole rings is 1. The summed E-state index contributed by atoms with van der Waals surface area (Å²) >= 11 is 0. The number of nitriles is 1. The zero-order chi connectivity index (χ0) is 21.3. The molecule has 0 saturated heterocycles. The van der Waals surface area contributed by atoms with Gasteiger partial charge in [0, 0.05) is 11.8 Å². The van der Waals surface area contributed by atoms with Crippen LogP contribution in [-0.4, -0.2) is 9.55 Å². The van der Waals surface area contributed by atoms with Gasteiger partial charge in [-0.15, -0.1) is 0 Å². The second-order valence-electron chi connectivity index (χ2n) is 7.72. The highest BCUT2D eigenvalue weighted by molar-refractivity contribution is 5.75. The molecule has 0 aliphatic rings. The molecular formula is C27H25N3. The number of aryl methyl sites for hydroxylation is 4. The Labute approximate surface area is 178 Å². The molecule has 0 atom stereocenters. The number of benzene rings is 3. The smallest absolute Gasteiger partial charge is 0.159 e. The van der Waals surface area contributed by atoms with Crippen molar-refractivity contribution >= 4 is 0 Å². The molecule has 0 aliphatic heterocycles. The monoisotopic (exact) mass is 391 g/mol. The quantitative estimate of drug-likeness (QED) is 0.395. The van der Waals surface area contributed by atoms with Crippen LogP contribution in [-0.2, 0) is 6.42 Å². The highest BCUT2D eigenvalue weighted by Crippen LogP contribution is 2.32. The Bertz CT molecular complexity index is 1250. The van der Waals surface area contributed by atoms with Gasteiger partial charge in [0.25, 0.3) is 0 Å².